The molecule has 6 heteroatoms. The summed E-state index contributed by atoms with van der Waals surface area (Å²) in [4.78, 5) is 18.8. The zero-order valence-corrected chi connectivity index (χ0v) is 13.6. The van der Waals surface area contributed by atoms with E-state index < -0.39 is 0 Å². The minimum Gasteiger partial charge on any atom is -0.349 e. The maximum atomic E-state index is 12.4. The van der Waals surface area contributed by atoms with Crippen molar-refractivity contribution in [2.45, 2.75) is 44.7 Å². The molecule has 1 amide bonds. The molecule has 0 aromatic carbocycles. The molecular weight excluding hydrogens is 302 g/mol. The van der Waals surface area contributed by atoms with Crippen LogP contribution in [0.4, 0.5) is 0 Å². The van der Waals surface area contributed by atoms with Crippen LogP contribution >= 0.6 is 22.7 Å². The van der Waals surface area contributed by atoms with Crippen molar-refractivity contribution in [1.29, 1.82) is 0 Å². The lowest BCUT2D eigenvalue weighted by Gasteiger charge is -2.26. The van der Waals surface area contributed by atoms with Gasteiger partial charge in [0.25, 0.3) is 5.91 Å². The Bertz CT molecular complexity index is 613. The second-order valence-corrected chi connectivity index (χ2v) is 7.44. The molecule has 0 radical (unpaired) electrons. The summed E-state index contributed by atoms with van der Waals surface area (Å²) < 4.78 is 0. The normalized spacial score (nSPS) is 22.2. The summed E-state index contributed by atoms with van der Waals surface area (Å²) in [7, 11) is 0. The van der Waals surface area contributed by atoms with Gasteiger partial charge in [0.05, 0.1) is 10.6 Å². The molecule has 0 unspecified atom stereocenters. The summed E-state index contributed by atoms with van der Waals surface area (Å²) in [5.41, 5.74) is 6.71. The summed E-state index contributed by atoms with van der Waals surface area (Å²) in [6.45, 7) is 1.90. The molecule has 112 valence electrons. The lowest BCUT2D eigenvalue weighted by molar-refractivity contribution is 0.0929. The first-order valence-electron chi connectivity index (χ1n) is 7.21. The fourth-order valence-electron chi connectivity index (χ4n) is 2.63. The molecule has 2 aromatic rings. The van der Waals surface area contributed by atoms with Crippen molar-refractivity contribution in [2.24, 2.45) is 5.73 Å². The van der Waals surface area contributed by atoms with Crippen LogP contribution in [0.15, 0.2) is 17.5 Å². The number of nitrogens with one attached hydrogen (secondary N) is 1. The zero-order chi connectivity index (χ0) is 14.8. The predicted octanol–water partition coefficient (Wildman–Crippen LogP) is 3.18. The largest absolute Gasteiger partial charge is 0.349 e. The average molecular weight is 321 g/mol. The minimum atomic E-state index is 0.00766. The van der Waals surface area contributed by atoms with E-state index in [1.807, 2.05) is 24.4 Å². The van der Waals surface area contributed by atoms with Crippen LogP contribution in [0.25, 0.3) is 9.88 Å². The third-order valence-electron chi connectivity index (χ3n) is 3.84. The number of hydrogen-bond donors (Lipinski definition) is 2. The van der Waals surface area contributed by atoms with Gasteiger partial charge in [-0.1, -0.05) is 6.07 Å². The number of hydrogen-bond acceptors (Lipinski definition) is 5. The van der Waals surface area contributed by atoms with Crippen molar-refractivity contribution in [2.75, 3.05) is 0 Å². The molecule has 2 heterocycles. The van der Waals surface area contributed by atoms with Crippen LogP contribution in [0.5, 0.6) is 0 Å². The minimum absolute atomic E-state index is 0.00766. The Morgan fingerprint density at radius 3 is 2.81 bits per heavy atom. The molecule has 21 heavy (non-hydrogen) atoms. The number of carbonyl (C=O) groups excluding carboxylic acids is 1. The summed E-state index contributed by atoms with van der Waals surface area (Å²) >= 11 is 3.13. The standard InChI is InChI=1S/C15H19N3OS2/c1-9-13(21-15(17-9)12-3-2-8-20-12)14(19)18-11-6-4-10(16)5-7-11/h2-3,8,10-11H,4-7,16H2,1H3,(H,18,19). The highest BCUT2D eigenvalue weighted by Gasteiger charge is 2.23. The molecule has 3 N–H and O–H groups in total. The van der Waals surface area contributed by atoms with Crippen molar-refractivity contribution in [3.63, 3.8) is 0 Å². The predicted molar refractivity (Wildman–Crippen MR) is 87.9 cm³/mol. The molecular formula is C15H19N3OS2. The average Bonchev–Trinajstić information content (AvgIpc) is 3.10. The molecule has 1 fully saturated rings. The number of carbonyl (C=O) groups is 1. The van der Waals surface area contributed by atoms with Crippen LogP contribution in [0.2, 0.25) is 0 Å². The van der Waals surface area contributed by atoms with E-state index >= 15 is 0 Å². The van der Waals surface area contributed by atoms with Gasteiger partial charge in [0.2, 0.25) is 0 Å². The molecule has 2 aromatic heterocycles. The van der Waals surface area contributed by atoms with E-state index in [1.54, 1.807) is 11.3 Å². The van der Waals surface area contributed by atoms with Gasteiger partial charge in [-0.15, -0.1) is 22.7 Å². The smallest absolute Gasteiger partial charge is 0.263 e. The van der Waals surface area contributed by atoms with Gasteiger partial charge < -0.3 is 11.1 Å². The quantitative estimate of drug-likeness (QED) is 0.912. The zero-order valence-electron chi connectivity index (χ0n) is 12.0. The van der Waals surface area contributed by atoms with Gasteiger partial charge in [0, 0.05) is 12.1 Å². The molecule has 0 bridgehead atoms. The van der Waals surface area contributed by atoms with Crippen LogP contribution < -0.4 is 11.1 Å². The molecule has 4 nitrogen and oxygen atoms in total. The van der Waals surface area contributed by atoms with Crippen molar-refractivity contribution in [3.05, 3.63) is 28.1 Å². The topological polar surface area (TPSA) is 68.0 Å². The van der Waals surface area contributed by atoms with E-state index in [-0.39, 0.29) is 11.9 Å². The van der Waals surface area contributed by atoms with Crippen molar-refractivity contribution < 1.29 is 4.79 Å². The molecule has 1 aliphatic rings. The maximum absolute atomic E-state index is 12.4. The fraction of sp³-hybridized carbons (Fsp3) is 0.467. The van der Waals surface area contributed by atoms with E-state index in [1.165, 1.54) is 11.3 Å². The van der Waals surface area contributed by atoms with Crippen LogP contribution in [0, 0.1) is 6.92 Å². The molecule has 0 aliphatic heterocycles. The van der Waals surface area contributed by atoms with Crippen molar-refractivity contribution >= 4 is 28.6 Å². The molecule has 0 atom stereocenters. The van der Waals surface area contributed by atoms with Gasteiger partial charge in [-0.2, -0.15) is 0 Å². The highest BCUT2D eigenvalue weighted by atomic mass is 32.1. The first-order chi connectivity index (χ1) is 10.1. The first-order valence-corrected chi connectivity index (χ1v) is 8.91. The molecule has 1 saturated carbocycles. The number of nitrogens with two attached hydrogens (primary N) is 1. The van der Waals surface area contributed by atoms with Gasteiger partial charge in [-0.3, -0.25) is 4.79 Å². The van der Waals surface area contributed by atoms with Gasteiger partial charge in [0.1, 0.15) is 9.88 Å². The number of nitrogens with zero attached hydrogens (tertiary/aromatic N) is 1. The molecule has 0 saturated heterocycles. The number of thiazole rings is 1. The van der Waals surface area contributed by atoms with E-state index in [4.69, 9.17) is 5.73 Å². The van der Waals surface area contributed by atoms with Gasteiger partial charge in [-0.05, 0) is 44.1 Å². The lowest BCUT2D eigenvalue weighted by Crippen LogP contribution is -2.40. The van der Waals surface area contributed by atoms with Gasteiger partial charge in [-0.25, -0.2) is 4.98 Å². The number of rotatable bonds is 3. The summed E-state index contributed by atoms with van der Waals surface area (Å²) in [5, 5.41) is 6.09. The molecule has 1 aliphatic carbocycles. The van der Waals surface area contributed by atoms with E-state index in [9.17, 15) is 4.79 Å². The monoisotopic (exact) mass is 321 g/mol. The van der Waals surface area contributed by atoms with Crippen LogP contribution in [-0.4, -0.2) is 23.0 Å². The molecule has 0 spiro atoms. The van der Waals surface area contributed by atoms with Gasteiger partial charge in [0.15, 0.2) is 0 Å². The Morgan fingerprint density at radius 2 is 2.14 bits per heavy atom. The van der Waals surface area contributed by atoms with Crippen LogP contribution in [0.3, 0.4) is 0 Å². The Hall–Kier alpha value is -1.24. The van der Waals surface area contributed by atoms with E-state index in [0.29, 0.717) is 6.04 Å². The highest BCUT2D eigenvalue weighted by molar-refractivity contribution is 7.22. The maximum Gasteiger partial charge on any atom is 0.263 e. The van der Waals surface area contributed by atoms with Crippen LogP contribution in [-0.2, 0) is 0 Å². The van der Waals surface area contributed by atoms with Gasteiger partial charge >= 0.3 is 0 Å². The van der Waals surface area contributed by atoms with Crippen LogP contribution in [0.1, 0.15) is 41.0 Å². The summed E-state index contributed by atoms with van der Waals surface area (Å²) in [5.74, 6) is 0.00766. The van der Waals surface area contributed by atoms with E-state index in [0.717, 1.165) is 46.1 Å². The Kier molecular flexibility index (Phi) is 4.37. The highest BCUT2D eigenvalue weighted by Crippen LogP contribution is 2.31. The van der Waals surface area contributed by atoms with Crippen molar-refractivity contribution in [1.82, 2.24) is 10.3 Å². The second kappa shape index (κ2) is 6.25. The Labute approximate surface area is 132 Å². The fourth-order valence-corrected chi connectivity index (χ4v) is 4.39. The Balaban J connectivity index is 1.70. The second-order valence-electron chi connectivity index (χ2n) is 5.50. The summed E-state index contributed by atoms with van der Waals surface area (Å²) in [6.07, 6.45) is 3.94. The Morgan fingerprint density at radius 1 is 1.38 bits per heavy atom. The van der Waals surface area contributed by atoms with E-state index in [2.05, 4.69) is 10.3 Å². The number of aryl methyl sites for hydroxylation is 1. The SMILES string of the molecule is Cc1nc(-c2cccs2)sc1C(=O)NC1CCC(N)CC1. The third-order valence-corrected chi connectivity index (χ3v) is 6.04. The number of aromatic nitrogens is 1. The lowest BCUT2D eigenvalue weighted by atomic mass is 9.92. The first kappa shape index (κ1) is 14.7. The van der Waals surface area contributed by atoms with Crippen molar-refractivity contribution in [3.8, 4) is 9.88 Å². The number of thiophene rings is 1. The molecule has 3 rings (SSSR count). The summed E-state index contributed by atoms with van der Waals surface area (Å²) in [6, 6.07) is 4.59. The third kappa shape index (κ3) is 3.33. The number of amides is 1.